The van der Waals surface area contributed by atoms with E-state index in [1.165, 1.54) is 0 Å². The predicted molar refractivity (Wildman–Crippen MR) is 57.2 cm³/mol. The van der Waals surface area contributed by atoms with Gasteiger partial charge in [-0.25, -0.2) is 0 Å². The smallest absolute Gasteiger partial charge is 0.310 e. The average Bonchev–Trinajstić information content (AvgIpc) is 2.19. The molecule has 0 atom stereocenters. The summed E-state index contributed by atoms with van der Waals surface area (Å²) in [7, 11) is 0. The molecule has 1 aliphatic rings. The van der Waals surface area contributed by atoms with E-state index in [9.17, 15) is 9.59 Å². The molecule has 1 rings (SSSR count). The summed E-state index contributed by atoms with van der Waals surface area (Å²) >= 11 is 0. The van der Waals surface area contributed by atoms with Gasteiger partial charge in [-0.05, 0) is 5.57 Å². The van der Waals surface area contributed by atoms with Crippen LogP contribution in [0.3, 0.4) is 0 Å². The van der Waals surface area contributed by atoms with Gasteiger partial charge in [0, 0.05) is 12.8 Å². The first-order valence-electron chi connectivity index (χ1n) is 4.79. The molecule has 0 saturated heterocycles. The molecule has 0 N–H and O–H groups in total. The lowest BCUT2D eigenvalue weighted by Gasteiger charge is -2.21. The molecule has 1 saturated carbocycles. The summed E-state index contributed by atoms with van der Waals surface area (Å²) in [6.07, 6.45) is 5.60. The van der Waals surface area contributed by atoms with Crippen LogP contribution in [0, 0.1) is 5.92 Å². The maximum atomic E-state index is 11.3. The van der Waals surface area contributed by atoms with Gasteiger partial charge < -0.3 is 4.74 Å². The second kappa shape index (κ2) is 5.29. The molecule has 0 aromatic rings. The van der Waals surface area contributed by atoms with E-state index < -0.39 is 0 Å². The van der Waals surface area contributed by atoms with E-state index >= 15 is 0 Å². The Bertz CT molecular complexity index is 318. The molecule has 3 heteroatoms. The van der Waals surface area contributed by atoms with Crippen LogP contribution in [0.25, 0.3) is 0 Å². The minimum Gasteiger partial charge on any atom is -0.461 e. The summed E-state index contributed by atoms with van der Waals surface area (Å²) < 4.78 is 5.02. The van der Waals surface area contributed by atoms with Gasteiger partial charge >= 0.3 is 5.97 Å². The molecule has 0 spiro atoms. The summed E-state index contributed by atoms with van der Waals surface area (Å²) in [5.74, 6) is -0.402. The van der Waals surface area contributed by atoms with Crippen LogP contribution < -0.4 is 0 Å². The van der Waals surface area contributed by atoms with Gasteiger partial charge in [0.05, 0.1) is 5.92 Å². The van der Waals surface area contributed by atoms with E-state index in [1.807, 2.05) is 0 Å². The van der Waals surface area contributed by atoms with E-state index in [1.54, 1.807) is 18.2 Å². The van der Waals surface area contributed by atoms with Gasteiger partial charge in [-0.15, -0.1) is 0 Å². The van der Waals surface area contributed by atoms with E-state index in [4.69, 9.17) is 4.74 Å². The highest BCUT2D eigenvalue weighted by atomic mass is 16.5. The van der Waals surface area contributed by atoms with Gasteiger partial charge in [-0.2, -0.15) is 0 Å². The van der Waals surface area contributed by atoms with Crippen molar-refractivity contribution in [2.24, 2.45) is 5.92 Å². The quantitative estimate of drug-likeness (QED) is 0.509. The van der Waals surface area contributed by atoms with Crippen molar-refractivity contribution < 1.29 is 14.3 Å². The van der Waals surface area contributed by atoms with Crippen LogP contribution in [0.5, 0.6) is 0 Å². The van der Waals surface area contributed by atoms with Gasteiger partial charge in [-0.3, -0.25) is 9.59 Å². The number of rotatable bonds is 5. The highest BCUT2D eigenvalue weighted by molar-refractivity contribution is 5.94. The minimum atomic E-state index is -0.300. The topological polar surface area (TPSA) is 43.4 Å². The lowest BCUT2D eigenvalue weighted by atomic mass is 9.84. The molecule has 0 amide bonds. The van der Waals surface area contributed by atoms with Crippen molar-refractivity contribution in [3.8, 4) is 0 Å². The fraction of sp³-hybridized carbons (Fsp3) is 0.333. The molecule has 0 aromatic carbocycles. The van der Waals surface area contributed by atoms with Crippen LogP contribution >= 0.6 is 0 Å². The zero-order valence-corrected chi connectivity index (χ0v) is 8.57. The van der Waals surface area contributed by atoms with E-state index in [2.05, 4.69) is 13.2 Å². The highest BCUT2D eigenvalue weighted by Crippen LogP contribution is 2.24. The molecule has 15 heavy (non-hydrogen) atoms. The second-order valence-corrected chi connectivity index (χ2v) is 3.43. The number of ketones is 1. The van der Waals surface area contributed by atoms with Crippen LogP contribution in [0.4, 0.5) is 0 Å². The number of hydrogen-bond acceptors (Lipinski definition) is 3. The monoisotopic (exact) mass is 206 g/mol. The third-order valence-corrected chi connectivity index (χ3v) is 2.26. The van der Waals surface area contributed by atoms with E-state index in [0.29, 0.717) is 12.8 Å². The summed E-state index contributed by atoms with van der Waals surface area (Å²) in [5.41, 5.74) is 0.795. The SMILES string of the molecule is C=C/C=C(\C=C)COC(=O)C1CC(=O)C1. The number of ether oxygens (including phenoxy) is 1. The van der Waals surface area contributed by atoms with Crippen LogP contribution in [-0.2, 0) is 14.3 Å². The Morgan fingerprint density at radius 3 is 2.60 bits per heavy atom. The largest absolute Gasteiger partial charge is 0.461 e. The molecule has 0 unspecified atom stereocenters. The minimum absolute atomic E-state index is 0.127. The summed E-state index contributed by atoms with van der Waals surface area (Å²) in [4.78, 5) is 22.0. The molecule has 0 heterocycles. The van der Waals surface area contributed by atoms with Crippen LogP contribution in [0.15, 0.2) is 37.0 Å². The Balaban J connectivity index is 2.33. The molecule has 0 radical (unpaired) electrons. The molecule has 0 bridgehead atoms. The van der Waals surface area contributed by atoms with Crippen LogP contribution in [-0.4, -0.2) is 18.4 Å². The fourth-order valence-electron chi connectivity index (χ4n) is 1.26. The lowest BCUT2D eigenvalue weighted by Crippen LogP contribution is -2.32. The van der Waals surface area contributed by atoms with Gasteiger partial charge in [0.25, 0.3) is 0 Å². The first kappa shape index (κ1) is 11.4. The predicted octanol–water partition coefficient (Wildman–Crippen LogP) is 1.81. The van der Waals surface area contributed by atoms with Crippen LogP contribution in [0.2, 0.25) is 0 Å². The Hall–Kier alpha value is -1.64. The standard InChI is InChI=1S/C12H14O3/c1-3-5-9(4-2)8-15-12(14)10-6-11(13)7-10/h3-5,10H,1-2,6-8H2/b9-5+. The zero-order chi connectivity index (χ0) is 11.3. The van der Waals surface area contributed by atoms with Crippen molar-refractivity contribution in [3.05, 3.63) is 37.0 Å². The van der Waals surface area contributed by atoms with Crippen molar-refractivity contribution in [1.82, 2.24) is 0 Å². The molecule has 1 aliphatic carbocycles. The summed E-state index contributed by atoms with van der Waals surface area (Å²) in [6, 6.07) is 0. The maximum Gasteiger partial charge on any atom is 0.310 e. The van der Waals surface area contributed by atoms with E-state index in [-0.39, 0.29) is 24.3 Å². The molecule has 0 aliphatic heterocycles. The zero-order valence-electron chi connectivity index (χ0n) is 8.57. The molecular formula is C12H14O3. The first-order chi connectivity index (χ1) is 7.17. The molecule has 3 nitrogen and oxygen atoms in total. The molecule has 1 fully saturated rings. The highest BCUT2D eigenvalue weighted by Gasteiger charge is 2.33. The molecular weight excluding hydrogens is 192 g/mol. The Morgan fingerprint density at radius 1 is 1.47 bits per heavy atom. The molecule has 80 valence electrons. The van der Waals surface area contributed by atoms with Gasteiger partial charge in [0.2, 0.25) is 0 Å². The number of Topliss-reactive ketones (excluding diaryl/α,β-unsaturated/α-hetero) is 1. The number of esters is 1. The van der Waals surface area contributed by atoms with Gasteiger partial charge in [0.15, 0.2) is 0 Å². The number of hydrogen-bond donors (Lipinski definition) is 0. The van der Waals surface area contributed by atoms with Crippen molar-refractivity contribution in [2.75, 3.05) is 6.61 Å². The third kappa shape index (κ3) is 3.20. The number of carbonyl (C=O) groups excluding carboxylic acids is 2. The van der Waals surface area contributed by atoms with Gasteiger partial charge in [-0.1, -0.05) is 31.4 Å². The van der Waals surface area contributed by atoms with Crippen LogP contribution in [0.1, 0.15) is 12.8 Å². The van der Waals surface area contributed by atoms with Crippen molar-refractivity contribution in [2.45, 2.75) is 12.8 Å². The Kier molecular flexibility index (Phi) is 4.03. The Morgan fingerprint density at radius 2 is 2.13 bits per heavy atom. The summed E-state index contributed by atoms with van der Waals surface area (Å²) in [6.45, 7) is 7.32. The Labute approximate surface area is 89.1 Å². The first-order valence-corrected chi connectivity index (χ1v) is 4.79. The van der Waals surface area contributed by atoms with Gasteiger partial charge in [0.1, 0.15) is 12.4 Å². The lowest BCUT2D eigenvalue weighted by molar-refractivity contribution is -0.154. The van der Waals surface area contributed by atoms with Crippen molar-refractivity contribution in [1.29, 1.82) is 0 Å². The summed E-state index contributed by atoms with van der Waals surface area (Å²) in [5, 5.41) is 0. The molecule has 0 aromatic heterocycles. The van der Waals surface area contributed by atoms with Crippen molar-refractivity contribution in [3.63, 3.8) is 0 Å². The van der Waals surface area contributed by atoms with E-state index in [0.717, 1.165) is 5.57 Å². The number of carbonyl (C=O) groups is 2. The number of allylic oxidation sites excluding steroid dienone is 2. The normalized spacial score (nSPS) is 16.8. The third-order valence-electron chi connectivity index (χ3n) is 2.26. The maximum absolute atomic E-state index is 11.3. The second-order valence-electron chi connectivity index (χ2n) is 3.43. The fourth-order valence-corrected chi connectivity index (χ4v) is 1.26. The average molecular weight is 206 g/mol. The van der Waals surface area contributed by atoms with Crippen molar-refractivity contribution >= 4 is 11.8 Å².